The number of hydrogen-bond acceptors (Lipinski definition) is 4. The summed E-state index contributed by atoms with van der Waals surface area (Å²) in [6.45, 7) is 3.49. The first kappa shape index (κ1) is 21.9. The molecule has 8 heteroatoms. The van der Waals surface area contributed by atoms with Crippen LogP contribution in [-0.2, 0) is 4.79 Å². The van der Waals surface area contributed by atoms with E-state index in [2.05, 4.69) is 5.32 Å². The summed E-state index contributed by atoms with van der Waals surface area (Å²) in [4.78, 5) is 38.7. The lowest BCUT2D eigenvalue weighted by Gasteiger charge is -2.16. The second kappa shape index (κ2) is 8.65. The molecule has 6 nitrogen and oxygen atoms in total. The molecule has 0 bridgehead atoms. The fourth-order valence-corrected chi connectivity index (χ4v) is 3.82. The van der Waals surface area contributed by atoms with Gasteiger partial charge in [-0.2, -0.15) is 0 Å². The molecular formula is C24H18Cl2N2O4. The van der Waals surface area contributed by atoms with E-state index >= 15 is 0 Å². The summed E-state index contributed by atoms with van der Waals surface area (Å²) in [6, 6.07) is 14.7. The Hall–Kier alpha value is -3.35. The van der Waals surface area contributed by atoms with Gasteiger partial charge in [0.1, 0.15) is 5.75 Å². The summed E-state index contributed by atoms with van der Waals surface area (Å²) < 4.78 is 5.55. The van der Waals surface area contributed by atoms with Crippen molar-refractivity contribution in [1.82, 2.24) is 0 Å². The maximum Gasteiger partial charge on any atom is 0.266 e. The fourth-order valence-electron chi connectivity index (χ4n) is 3.49. The average Bonchev–Trinajstić information content (AvgIpc) is 3.02. The quantitative estimate of drug-likeness (QED) is 0.506. The van der Waals surface area contributed by atoms with Crippen LogP contribution in [0, 0.1) is 13.8 Å². The number of rotatable bonds is 5. The number of halogens is 2. The predicted molar refractivity (Wildman–Crippen MR) is 124 cm³/mol. The zero-order valence-electron chi connectivity index (χ0n) is 17.2. The van der Waals surface area contributed by atoms with Crippen molar-refractivity contribution in [1.29, 1.82) is 0 Å². The summed E-state index contributed by atoms with van der Waals surface area (Å²) in [5.74, 6) is -0.710. The maximum atomic E-state index is 12.6. The van der Waals surface area contributed by atoms with Crippen molar-refractivity contribution in [3.05, 3.63) is 86.9 Å². The van der Waals surface area contributed by atoms with Crippen molar-refractivity contribution in [2.45, 2.75) is 13.8 Å². The van der Waals surface area contributed by atoms with Crippen molar-refractivity contribution in [2.75, 3.05) is 16.8 Å². The van der Waals surface area contributed by atoms with Gasteiger partial charge in [-0.25, -0.2) is 4.90 Å². The molecule has 1 heterocycles. The third kappa shape index (κ3) is 4.07. The van der Waals surface area contributed by atoms with Crippen LogP contribution in [-0.4, -0.2) is 24.3 Å². The predicted octanol–water partition coefficient (Wildman–Crippen LogP) is 5.43. The normalized spacial score (nSPS) is 12.7. The Morgan fingerprint density at radius 1 is 0.938 bits per heavy atom. The standard InChI is InChI=1S/C24H18Cl2N2O4/c1-13-9-16(10-14(2)22(13)26)32-12-21(29)27-20-8-7-15(11-19(20)25)28-23(30)17-5-3-4-6-18(17)24(28)31/h3-11H,12H2,1-2H3,(H,27,29). The van der Waals surface area contributed by atoms with Crippen molar-refractivity contribution < 1.29 is 19.1 Å². The molecule has 0 saturated carbocycles. The minimum Gasteiger partial charge on any atom is -0.484 e. The van der Waals surface area contributed by atoms with Crippen molar-refractivity contribution in [3.8, 4) is 5.75 Å². The average molecular weight is 469 g/mol. The Morgan fingerprint density at radius 2 is 1.53 bits per heavy atom. The number of aryl methyl sites for hydroxylation is 2. The van der Waals surface area contributed by atoms with Gasteiger partial charge in [-0.1, -0.05) is 35.3 Å². The topological polar surface area (TPSA) is 75.7 Å². The Kier molecular flexibility index (Phi) is 5.91. The number of amides is 3. The zero-order chi connectivity index (χ0) is 23.0. The van der Waals surface area contributed by atoms with Gasteiger partial charge in [-0.3, -0.25) is 14.4 Å². The molecule has 0 spiro atoms. The van der Waals surface area contributed by atoms with Crippen LogP contribution in [0.2, 0.25) is 10.0 Å². The van der Waals surface area contributed by atoms with Crippen LogP contribution in [0.3, 0.4) is 0 Å². The van der Waals surface area contributed by atoms with E-state index in [9.17, 15) is 14.4 Å². The molecule has 0 atom stereocenters. The smallest absolute Gasteiger partial charge is 0.266 e. The molecule has 0 fully saturated rings. The highest BCUT2D eigenvalue weighted by molar-refractivity contribution is 6.36. The van der Waals surface area contributed by atoms with E-state index in [4.69, 9.17) is 27.9 Å². The molecule has 4 rings (SSSR count). The van der Waals surface area contributed by atoms with Gasteiger partial charge >= 0.3 is 0 Å². The number of anilines is 2. The number of nitrogens with zero attached hydrogens (tertiary/aromatic N) is 1. The first-order valence-corrected chi connectivity index (χ1v) is 10.5. The Bertz CT molecular complexity index is 1210. The number of carbonyl (C=O) groups is 3. The highest BCUT2D eigenvalue weighted by Crippen LogP contribution is 2.33. The van der Waals surface area contributed by atoms with Crippen molar-refractivity contribution in [3.63, 3.8) is 0 Å². The number of nitrogens with one attached hydrogen (secondary N) is 1. The third-order valence-corrected chi connectivity index (χ3v) is 5.97. The van der Waals surface area contributed by atoms with Crippen LogP contribution in [0.25, 0.3) is 0 Å². The number of carbonyl (C=O) groups excluding carboxylic acids is 3. The van der Waals surface area contributed by atoms with Crippen LogP contribution in [0.4, 0.5) is 11.4 Å². The first-order valence-electron chi connectivity index (χ1n) is 9.73. The lowest BCUT2D eigenvalue weighted by Crippen LogP contribution is -2.29. The molecule has 0 aromatic heterocycles. The molecule has 1 aliphatic rings. The molecule has 1 N–H and O–H groups in total. The number of fused-ring (bicyclic) bond motifs is 1. The zero-order valence-corrected chi connectivity index (χ0v) is 18.8. The molecule has 0 aliphatic carbocycles. The van der Waals surface area contributed by atoms with Crippen LogP contribution < -0.4 is 15.0 Å². The van der Waals surface area contributed by atoms with E-state index in [1.165, 1.54) is 12.1 Å². The largest absolute Gasteiger partial charge is 0.484 e. The summed E-state index contributed by atoms with van der Waals surface area (Å²) in [5, 5.41) is 3.51. The Balaban J connectivity index is 1.45. The SMILES string of the molecule is Cc1cc(OCC(=O)Nc2ccc(N3C(=O)c4ccccc4C3=O)cc2Cl)cc(C)c1Cl. The van der Waals surface area contributed by atoms with Gasteiger partial charge in [0.05, 0.1) is 27.5 Å². The highest BCUT2D eigenvalue weighted by Gasteiger charge is 2.36. The maximum absolute atomic E-state index is 12.6. The van der Waals surface area contributed by atoms with Crippen molar-refractivity contribution in [2.24, 2.45) is 0 Å². The molecular weight excluding hydrogens is 451 g/mol. The van der Waals surface area contributed by atoms with E-state index in [1.54, 1.807) is 42.5 Å². The van der Waals surface area contributed by atoms with Crippen LogP contribution in [0.1, 0.15) is 31.8 Å². The van der Waals surface area contributed by atoms with E-state index in [-0.39, 0.29) is 11.6 Å². The molecule has 32 heavy (non-hydrogen) atoms. The highest BCUT2D eigenvalue weighted by atomic mass is 35.5. The van der Waals surface area contributed by atoms with Crippen LogP contribution in [0.5, 0.6) is 5.75 Å². The lowest BCUT2D eigenvalue weighted by atomic mass is 10.1. The van der Waals surface area contributed by atoms with Gasteiger partial charge in [-0.05, 0) is 67.4 Å². The molecule has 0 saturated heterocycles. The van der Waals surface area contributed by atoms with E-state index in [0.29, 0.717) is 33.3 Å². The molecule has 0 radical (unpaired) electrons. The lowest BCUT2D eigenvalue weighted by molar-refractivity contribution is -0.118. The van der Waals surface area contributed by atoms with Gasteiger partial charge in [0.25, 0.3) is 17.7 Å². The number of hydrogen-bond donors (Lipinski definition) is 1. The van der Waals surface area contributed by atoms with Crippen molar-refractivity contribution >= 4 is 52.3 Å². The van der Waals surface area contributed by atoms with Gasteiger partial charge in [0, 0.05) is 5.02 Å². The van der Waals surface area contributed by atoms with Gasteiger partial charge in [-0.15, -0.1) is 0 Å². The second-order valence-corrected chi connectivity index (χ2v) is 8.15. The molecule has 0 unspecified atom stereocenters. The summed E-state index contributed by atoms with van der Waals surface area (Å²) in [5.41, 5.74) is 3.06. The van der Waals surface area contributed by atoms with E-state index in [0.717, 1.165) is 16.0 Å². The van der Waals surface area contributed by atoms with Gasteiger partial charge < -0.3 is 10.1 Å². The second-order valence-electron chi connectivity index (χ2n) is 7.36. The summed E-state index contributed by atoms with van der Waals surface area (Å²) in [6.07, 6.45) is 0. The summed E-state index contributed by atoms with van der Waals surface area (Å²) >= 11 is 12.5. The molecule has 162 valence electrons. The van der Waals surface area contributed by atoms with Crippen LogP contribution in [0.15, 0.2) is 54.6 Å². The number of ether oxygens (including phenoxy) is 1. The molecule has 3 aromatic carbocycles. The Labute approximate surface area is 194 Å². The van der Waals surface area contributed by atoms with Gasteiger partial charge in [0.15, 0.2) is 6.61 Å². The number of benzene rings is 3. The minimum atomic E-state index is -0.416. The van der Waals surface area contributed by atoms with E-state index < -0.39 is 17.7 Å². The Morgan fingerprint density at radius 3 is 2.09 bits per heavy atom. The minimum absolute atomic E-state index is 0.186. The third-order valence-electron chi connectivity index (χ3n) is 5.06. The molecule has 3 aromatic rings. The molecule has 1 aliphatic heterocycles. The summed E-state index contributed by atoms with van der Waals surface area (Å²) in [7, 11) is 0. The number of imide groups is 1. The van der Waals surface area contributed by atoms with Gasteiger partial charge in [0.2, 0.25) is 0 Å². The van der Waals surface area contributed by atoms with E-state index in [1.807, 2.05) is 13.8 Å². The molecule has 3 amide bonds. The first-order chi connectivity index (χ1) is 15.3. The fraction of sp³-hybridized carbons (Fsp3) is 0.125. The van der Waals surface area contributed by atoms with Crippen LogP contribution >= 0.6 is 23.2 Å². The monoisotopic (exact) mass is 468 g/mol.